The molecule has 2 aromatic carbocycles. The Bertz CT molecular complexity index is 1130. The van der Waals surface area contributed by atoms with E-state index in [1.165, 1.54) is 4.57 Å². The van der Waals surface area contributed by atoms with Crippen molar-refractivity contribution in [3.05, 3.63) is 63.6 Å². The molecule has 1 heterocycles. The van der Waals surface area contributed by atoms with Crippen LogP contribution in [-0.4, -0.2) is 36.3 Å². The van der Waals surface area contributed by atoms with Gasteiger partial charge in [0.05, 0.1) is 18.9 Å². The van der Waals surface area contributed by atoms with Crippen molar-refractivity contribution in [1.29, 1.82) is 0 Å². The highest BCUT2D eigenvalue weighted by atomic mass is 16.5. The maximum atomic E-state index is 13.1. The maximum Gasteiger partial charge on any atom is 0.258 e. The second-order valence-electron chi connectivity index (χ2n) is 7.60. The van der Waals surface area contributed by atoms with Gasteiger partial charge in [0.2, 0.25) is 0 Å². The minimum absolute atomic E-state index is 0.150. The summed E-state index contributed by atoms with van der Waals surface area (Å²) in [6.07, 6.45) is -0.259. The first-order valence-corrected chi connectivity index (χ1v) is 10.1. The summed E-state index contributed by atoms with van der Waals surface area (Å²) in [5, 5.41) is 8.42. The maximum absolute atomic E-state index is 13.1. The van der Waals surface area contributed by atoms with Crippen LogP contribution in [0.1, 0.15) is 36.8 Å². The van der Waals surface area contributed by atoms with Gasteiger partial charge in [0.15, 0.2) is 12.4 Å². The van der Waals surface area contributed by atoms with Crippen LogP contribution in [0.2, 0.25) is 0 Å². The number of aliphatic hydroxyl groups excluding tert-OH is 1. The summed E-state index contributed by atoms with van der Waals surface area (Å²) in [6.45, 7) is 7.70. The molecule has 0 saturated heterocycles. The lowest BCUT2D eigenvalue weighted by molar-refractivity contribution is -0.121. The number of rotatable bonds is 6. The molecule has 0 saturated carbocycles. The van der Waals surface area contributed by atoms with Crippen LogP contribution in [0.25, 0.3) is 21.9 Å². The fourth-order valence-electron chi connectivity index (χ4n) is 3.77. The predicted molar refractivity (Wildman–Crippen MR) is 124 cm³/mol. The predicted octanol–water partition coefficient (Wildman–Crippen LogP) is 4.10. The van der Waals surface area contributed by atoms with Gasteiger partial charge in [0.1, 0.15) is 5.75 Å². The summed E-state index contributed by atoms with van der Waals surface area (Å²) >= 11 is 0. The topological polar surface area (TPSA) is 77.8 Å². The molecule has 0 aliphatic heterocycles. The van der Waals surface area contributed by atoms with Gasteiger partial charge in [0, 0.05) is 25.1 Å². The Morgan fingerprint density at radius 3 is 2.26 bits per heavy atom. The number of benzene rings is 2. The Labute approximate surface area is 183 Å². The van der Waals surface area contributed by atoms with Crippen LogP contribution in [0.5, 0.6) is 5.75 Å². The molecule has 166 valence electrons. The zero-order valence-corrected chi connectivity index (χ0v) is 19.2. The molecule has 0 amide bonds. The third-order valence-electron chi connectivity index (χ3n) is 5.09. The number of hydrogen-bond donors (Lipinski definition) is 1. The smallest absolute Gasteiger partial charge is 0.258 e. The van der Waals surface area contributed by atoms with Crippen LogP contribution >= 0.6 is 0 Å². The van der Waals surface area contributed by atoms with E-state index in [1.54, 1.807) is 14.2 Å². The first-order valence-electron chi connectivity index (χ1n) is 10.1. The molecule has 0 spiro atoms. The van der Waals surface area contributed by atoms with Crippen LogP contribution in [0.3, 0.4) is 0 Å². The van der Waals surface area contributed by atoms with Crippen LogP contribution in [0.4, 0.5) is 0 Å². The molecule has 0 fully saturated rings. The van der Waals surface area contributed by atoms with E-state index in [4.69, 9.17) is 14.6 Å². The average Bonchev–Trinajstić information content (AvgIpc) is 2.75. The van der Waals surface area contributed by atoms with Gasteiger partial charge in [-0.2, -0.15) is 0 Å². The Morgan fingerprint density at radius 1 is 1.03 bits per heavy atom. The molecule has 0 aliphatic rings. The Kier molecular flexibility index (Phi) is 8.14. The van der Waals surface area contributed by atoms with Crippen LogP contribution in [0, 0.1) is 13.8 Å². The molecule has 1 atom stereocenters. The molecule has 6 heteroatoms. The van der Waals surface area contributed by atoms with Crippen LogP contribution in [-0.2, 0) is 16.6 Å². The number of pyridine rings is 1. The largest absolute Gasteiger partial charge is 0.496 e. The number of aryl methyl sites for hydroxylation is 2. The Balaban J connectivity index is 0.00000166. The number of carbonyl (C=O) groups excluding carboxylic acids is 1. The third-order valence-corrected chi connectivity index (χ3v) is 5.09. The van der Waals surface area contributed by atoms with Crippen molar-refractivity contribution >= 4 is 17.1 Å². The van der Waals surface area contributed by atoms with Crippen LogP contribution in [0.15, 0.2) is 41.2 Å². The molecular weight excluding hydrogens is 394 g/mol. The van der Waals surface area contributed by atoms with E-state index in [2.05, 4.69) is 0 Å². The molecule has 0 bridgehead atoms. The van der Waals surface area contributed by atoms with Crippen molar-refractivity contribution in [3.8, 4) is 16.9 Å². The number of aliphatic hydroxyl groups is 1. The molecule has 3 aromatic rings. The SMILES string of the molecule is CO.COc1ccc(-c2c(C(C=O)OC(C)C)n(C)c(=O)c3ccc(C)cc23)cc1C. The van der Waals surface area contributed by atoms with Gasteiger partial charge in [-0.1, -0.05) is 23.8 Å². The Hall–Kier alpha value is -2.96. The molecule has 1 aromatic heterocycles. The van der Waals surface area contributed by atoms with Crippen molar-refractivity contribution < 1.29 is 19.4 Å². The lowest BCUT2D eigenvalue weighted by Gasteiger charge is -2.24. The fourth-order valence-corrected chi connectivity index (χ4v) is 3.77. The van der Waals surface area contributed by atoms with E-state index in [1.807, 2.05) is 64.1 Å². The molecule has 1 N–H and O–H groups in total. The summed E-state index contributed by atoms with van der Waals surface area (Å²) in [6, 6.07) is 11.6. The minimum atomic E-state index is -0.852. The number of fused-ring (bicyclic) bond motifs is 1. The fraction of sp³-hybridized carbons (Fsp3) is 0.360. The van der Waals surface area contributed by atoms with Gasteiger partial charge < -0.3 is 23.9 Å². The first kappa shape index (κ1) is 24.3. The van der Waals surface area contributed by atoms with Crippen molar-refractivity contribution in [2.45, 2.75) is 39.9 Å². The second-order valence-corrected chi connectivity index (χ2v) is 7.60. The van der Waals surface area contributed by atoms with E-state index < -0.39 is 6.10 Å². The molecule has 3 rings (SSSR count). The average molecular weight is 426 g/mol. The number of nitrogens with zero attached hydrogens (tertiary/aromatic N) is 1. The highest BCUT2D eigenvalue weighted by Gasteiger charge is 2.25. The summed E-state index contributed by atoms with van der Waals surface area (Å²) in [7, 11) is 4.33. The Morgan fingerprint density at radius 2 is 1.71 bits per heavy atom. The zero-order chi connectivity index (χ0) is 23.3. The normalized spacial score (nSPS) is 11.8. The number of aromatic nitrogens is 1. The molecule has 0 aliphatic carbocycles. The summed E-state index contributed by atoms with van der Waals surface area (Å²) < 4.78 is 12.8. The minimum Gasteiger partial charge on any atom is -0.496 e. The standard InChI is InChI=1S/C24H27NO4.CH4O/c1-14(2)29-21(13-26)23-22(17-8-10-20(28-6)16(4)12-17)19-11-15(3)7-9-18(19)24(27)25(23)5;1-2/h7-14,21H,1-6H3;2H,1H3. The molecular formula is C25H31NO5. The van der Waals surface area contributed by atoms with E-state index >= 15 is 0 Å². The first-order chi connectivity index (χ1) is 14.8. The highest BCUT2D eigenvalue weighted by Crippen LogP contribution is 2.37. The van der Waals surface area contributed by atoms with Gasteiger partial charge >= 0.3 is 0 Å². The molecule has 0 radical (unpaired) electrons. The van der Waals surface area contributed by atoms with E-state index in [0.717, 1.165) is 46.8 Å². The van der Waals surface area contributed by atoms with Crippen LogP contribution < -0.4 is 10.3 Å². The van der Waals surface area contributed by atoms with Gasteiger partial charge in [0.25, 0.3) is 5.56 Å². The highest BCUT2D eigenvalue weighted by molar-refractivity contribution is 5.98. The number of aldehydes is 1. The van der Waals surface area contributed by atoms with E-state index in [9.17, 15) is 9.59 Å². The van der Waals surface area contributed by atoms with Gasteiger partial charge in [-0.05, 0) is 62.4 Å². The number of methoxy groups -OCH3 is 1. The summed E-state index contributed by atoms with van der Waals surface area (Å²) in [5.74, 6) is 0.783. The van der Waals surface area contributed by atoms with Crippen molar-refractivity contribution in [2.24, 2.45) is 7.05 Å². The van der Waals surface area contributed by atoms with Crippen molar-refractivity contribution in [1.82, 2.24) is 4.57 Å². The molecule has 31 heavy (non-hydrogen) atoms. The second kappa shape index (κ2) is 10.4. The van der Waals surface area contributed by atoms with E-state index in [-0.39, 0.29) is 11.7 Å². The van der Waals surface area contributed by atoms with E-state index in [0.29, 0.717) is 11.1 Å². The molecule has 1 unspecified atom stereocenters. The number of hydrogen-bond acceptors (Lipinski definition) is 5. The monoisotopic (exact) mass is 425 g/mol. The van der Waals surface area contributed by atoms with Crippen molar-refractivity contribution in [3.63, 3.8) is 0 Å². The van der Waals surface area contributed by atoms with Gasteiger partial charge in [-0.3, -0.25) is 4.79 Å². The van der Waals surface area contributed by atoms with Crippen molar-refractivity contribution in [2.75, 3.05) is 14.2 Å². The third kappa shape index (κ3) is 4.86. The molecule has 6 nitrogen and oxygen atoms in total. The zero-order valence-electron chi connectivity index (χ0n) is 19.2. The van der Waals surface area contributed by atoms with Gasteiger partial charge in [-0.15, -0.1) is 0 Å². The lowest BCUT2D eigenvalue weighted by atomic mass is 9.92. The van der Waals surface area contributed by atoms with Gasteiger partial charge in [-0.25, -0.2) is 0 Å². The summed E-state index contributed by atoms with van der Waals surface area (Å²) in [4.78, 5) is 25.1. The number of carbonyl (C=O) groups is 1. The lowest BCUT2D eigenvalue weighted by Crippen LogP contribution is -2.26. The number of ether oxygens (including phenoxy) is 2. The quantitative estimate of drug-likeness (QED) is 0.602. The summed E-state index contributed by atoms with van der Waals surface area (Å²) in [5.41, 5.74) is 4.15.